The minimum absolute atomic E-state index is 0.295. The minimum Gasteiger partial charge on any atom is -0.364 e. The SMILES string of the molecule is N#Cc1nccnc1NCc1ccc(-n2cnc3ccccc32)cc1. The molecule has 6 heteroatoms. The van der Waals surface area contributed by atoms with Gasteiger partial charge in [-0.2, -0.15) is 5.26 Å². The predicted molar refractivity (Wildman–Crippen MR) is 95.1 cm³/mol. The third kappa shape index (κ3) is 2.91. The molecule has 4 aromatic rings. The second-order valence-electron chi connectivity index (χ2n) is 5.49. The second-order valence-corrected chi connectivity index (χ2v) is 5.49. The van der Waals surface area contributed by atoms with Crippen LogP contribution in [0.1, 0.15) is 11.3 Å². The van der Waals surface area contributed by atoms with Gasteiger partial charge in [0.05, 0.1) is 11.0 Å². The lowest BCUT2D eigenvalue weighted by molar-refractivity contribution is 1.06. The third-order valence-corrected chi connectivity index (χ3v) is 3.93. The Morgan fingerprint density at radius 2 is 1.76 bits per heavy atom. The molecule has 1 N–H and O–H groups in total. The number of benzene rings is 2. The van der Waals surface area contributed by atoms with Crippen LogP contribution in [0.2, 0.25) is 0 Å². The molecule has 0 unspecified atom stereocenters. The quantitative estimate of drug-likeness (QED) is 0.622. The number of anilines is 1. The van der Waals surface area contributed by atoms with Gasteiger partial charge in [0.15, 0.2) is 11.5 Å². The van der Waals surface area contributed by atoms with Gasteiger partial charge >= 0.3 is 0 Å². The van der Waals surface area contributed by atoms with Gasteiger partial charge in [0, 0.05) is 24.6 Å². The Hall–Kier alpha value is -3.72. The van der Waals surface area contributed by atoms with Crippen molar-refractivity contribution in [1.29, 1.82) is 5.26 Å². The van der Waals surface area contributed by atoms with Gasteiger partial charge in [0.2, 0.25) is 0 Å². The van der Waals surface area contributed by atoms with E-state index < -0.39 is 0 Å². The van der Waals surface area contributed by atoms with Crippen LogP contribution in [0.15, 0.2) is 67.3 Å². The fourth-order valence-corrected chi connectivity index (χ4v) is 2.67. The van der Waals surface area contributed by atoms with E-state index in [1.807, 2.05) is 54.9 Å². The predicted octanol–water partition coefficient (Wildman–Crippen LogP) is 3.30. The van der Waals surface area contributed by atoms with Gasteiger partial charge in [-0.3, -0.25) is 4.57 Å². The molecule has 2 aromatic carbocycles. The highest BCUT2D eigenvalue weighted by Gasteiger charge is 2.05. The first kappa shape index (κ1) is 14.8. The maximum absolute atomic E-state index is 9.04. The van der Waals surface area contributed by atoms with Crippen molar-refractivity contribution in [1.82, 2.24) is 19.5 Å². The molecule has 0 atom stereocenters. The number of nitrogens with one attached hydrogen (secondary N) is 1. The first-order chi connectivity index (χ1) is 12.3. The van der Waals surface area contributed by atoms with E-state index in [-0.39, 0.29) is 0 Å². The van der Waals surface area contributed by atoms with Crippen LogP contribution >= 0.6 is 0 Å². The number of fused-ring (bicyclic) bond motifs is 1. The van der Waals surface area contributed by atoms with E-state index in [1.54, 1.807) is 6.20 Å². The summed E-state index contributed by atoms with van der Waals surface area (Å²) in [4.78, 5) is 12.6. The molecule has 4 rings (SSSR count). The molecule has 6 nitrogen and oxygen atoms in total. The molecule has 0 bridgehead atoms. The molecule has 0 spiro atoms. The fraction of sp³-hybridized carbons (Fsp3) is 0.0526. The van der Waals surface area contributed by atoms with Crippen LogP contribution in [0.25, 0.3) is 16.7 Å². The fourth-order valence-electron chi connectivity index (χ4n) is 2.67. The molecule has 0 saturated carbocycles. The summed E-state index contributed by atoms with van der Waals surface area (Å²) in [6, 6.07) is 18.2. The Labute approximate surface area is 144 Å². The summed E-state index contributed by atoms with van der Waals surface area (Å²) in [6.07, 6.45) is 4.90. The zero-order valence-corrected chi connectivity index (χ0v) is 13.3. The van der Waals surface area contributed by atoms with Crippen molar-refractivity contribution in [3.63, 3.8) is 0 Å². The van der Waals surface area contributed by atoms with Gasteiger partial charge in [0.1, 0.15) is 12.4 Å². The van der Waals surface area contributed by atoms with E-state index in [1.165, 1.54) is 6.20 Å². The summed E-state index contributed by atoms with van der Waals surface area (Å²) in [6.45, 7) is 0.568. The maximum atomic E-state index is 9.04. The Balaban J connectivity index is 1.54. The van der Waals surface area contributed by atoms with Gasteiger partial charge in [-0.15, -0.1) is 0 Å². The van der Waals surface area contributed by atoms with Crippen molar-refractivity contribution in [3.05, 3.63) is 78.5 Å². The van der Waals surface area contributed by atoms with E-state index >= 15 is 0 Å². The number of nitriles is 1. The molecule has 25 heavy (non-hydrogen) atoms. The van der Waals surface area contributed by atoms with E-state index in [4.69, 9.17) is 5.26 Å². The van der Waals surface area contributed by atoms with Crippen molar-refractivity contribution < 1.29 is 0 Å². The Morgan fingerprint density at radius 3 is 2.60 bits per heavy atom. The van der Waals surface area contributed by atoms with E-state index in [0.29, 0.717) is 18.1 Å². The van der Waals surface area contributed by atoms with Crippen LogP contribution in [0.3, 0.4) is 0 Å². The maximum Gasteiger partial charge on any atom is 0.182 e. The smallest absolute Gasteiger partial charge is 0.182 e. The van der Waals surface area contributed by atoms with Gasteiger partial charge in [-0.25, -0.2) is 15.0 Å². The van der Waals surface area contributed by atoms with E-state index in [0.717, 1.165) is 22.3 Å². The van der Waals surface area contributed by atoms with Gasteiger partial charge < -0.3 is 5.32 Å². The first-order valence-electron chi connectivity index (χ1n) is 7.81. The molecule has 0 fully saturated rings. The highest BCUT2D eigenvalue weighted by molar-refractivity contribution is 5.77. The molecule has 0 radical (unpaired) electrons. The Kier molecular flexibility index (Phi) is 3.81. The van der Waals surface area contributed by atoms with Gasteiger partial charge in [-0.1, -0.05) is 24.3 Å². The zero-order valence-electron chi connectivity index (χ0n) is 13.3. The molecule has 2 aromatic heterocycles. The summed E-state index contributed by atoms with van der Waals surface area (Å²) in [5.41, 5.74) is 4.48. The number of aromatic nitrogens is 4. The molecule has 0 amide bonds. The minimum atomic E-state index is 0.295. The van der Waals surface area contributed by atoms with Crippen LogP contribution in [0.4, 0.5) is 5.82 Å². The topological polar surface area (TPSA) is 79.4 Å². The van der Waals surface area contributed by atoms with E-state index in [9.17, 15) is 0 Å². The first-order valence-corrected chi connectivity index (χ1v) is 7.81. The Morgan fingerprint density at radius 1 is 0.960 bits per heavy atom. The van der Waals surface area contributed by atoms with Crippen molar-refractivity contribution >= 4 is 16.9 Å². The molecule has 0 saturated heterocycles. The standard InChI is InChI=1S/C19H14N6/c20-11-17-19(22-10-9-21-17)23-12-14-5-7-15(8-6-14)25-13-24-16-3-1-2-4-18(16)25/h1-10,13H,12H2,(H,22,23). The molecule has 0 aliphatic carbocycles. The number of para-hydroxylation sites is 2. The third-order valence-electron chi connectivity index (χ3n) is 3.93. The van der Waals surface area contributed by atoms with E-state index in [2.05, 4.69) is 30.9 Å². The largest absolute Gasteiger partial charge is 0.364 e. The van der Waals surface area contributed by atoms with Crippen LogP contribution in [-0.4, -0.2) is 19.5 Å². The van der Waals surface area contributed by atoms with Crippen LogP contribution < -0.4 is 5.32 Å². The summed E-state index contributed by atoms with van der Waals surface area (Å²) in [7, 11) is 0. The van der Waals surface area contributed by atoms with Crippen LogP contribution in [0.5, 0.6) is 0 Å². The summed E-state index contributed by atoms with van der Waals surface area (Å²) < 4.78 is 2.06. The van der Waals surface area contributed by atoms with Crippen LogP contribution in [-0.2, 0) is 6.54 Å². The summed E-state index contributed by atoms with van der Waals surface area (Å²) in [5, 5.41) is 12.2. The lowest BCUT2D eigenvalue weighted by Gasteiger charge is -2.08. The highest BCUT2D eigenvalue weighted by atomic mass is 15.0. The molecule has 120 valence electrons. The number of hydrogen-bond acceptors (Lipinski definition) is 5. The molecule has 0 aliphatic heterocycles. The number of nitrogens with zero attached hydrogens (tertiary/aromatic N) is 5. The molecule has 2 heterocycles. The molecular formula is C19H14N6. The normalized spacial score (nSPS) is 10.5. The lowest BCUT2D eigenvalue weighted by Crippen LogP contribution is -2.04. The van der Waals surface area contributed by atoms with Crippen molar-refractivity contribution in [2.45, 2.75) is 6.54 Å². The molecular weight excluding hydrogens is 312 g/mol. The van der Waals surface area contributed by atoms with Crippen molar-refractivity contribution in [3.8, 4) is 11.8 Å². The monoisotopic (exact) mass is 326 g/mol. The number of rotatable bonds is 4. The highest BCUT2D eigenvalue weighted by Crippen LogP contribution is 2.18. The average Bonchev–Trinajstić information content (AvgIpc) is 3.11. The average molecular weight is 326 g/mol. The van der Waals surface area contributed by atoms with Crippen molar-refractivity contribution in [2.24, 2.45) is 0 Å². The zero-order chi connectivity index (χ0) is 17.1. The van der Waals surface area contributed by atoms with Crippen molar-refractivity contribution in [2.75, 3.05) is 5.32 Å². The van der Waals surface area contributed by atoms with Gasteiger partial charge in [-0.05, 0) is 29.8 Å². The summed E-state index contributed by atoms with van der Waals surface area (Å²) >= 11 is 0. The van der Waals surface area contributed by atoms with Crippen LogP contribution in [0, 0.1) is 11.3 Å². The second kappa shape index (κ2) is 6.42. The van der Waals surface area contributed by atoms with Gasteiger partial charge in [0.25, 0.3) is 0 Å². The number of imidazole rings is 1. The summed E-state index contributed by atoms with van der Waals surface area (Å²) in [5.74, 6) is 0.495. The Bertz CT molecular complexity index is 1060. The lowest BCUT2D eigenvalue weighted by atomic mass is 10.2. The molecule has 0 aliphatic rings. The number of hydrogen-bond donors (Lipinski definition) is 1.